The zero-order valence-corrected chi connectivity index (χ0v) is 13.7. The highest BCUT2D eigenvalue weighted by atomic mass is 35.5. The van der Waals surface area contributed by atoms with Crippen molar-refractivity contribution in [3.63, 3.8) is 0 Å². The van der Waals surface area contributed by atoms with E-state index in [2.05, 4.69) is 6.58 Å². The summed E-state index contributed by atoms with van der Waals surface area (Å²) in [5, 5.41) is 10.6. The van der Waals surface area contributed by atoms with E-state index in [0.717, 1.165) is 18.5 Å². The lowest BCUT2D eigenvalue weighted by Gasteiger charge is -2.26. The Hall–Kier alpha value is -1.36. The molecular formula is C17H23ClN2O2. The minimum atomic E-state index is -0.440. The standard InChI is InChI=1S/C17H23ClN2O2/c1-3-4-7-13(21)12-19(2)16-10-11-20(17(16)22)15-9-6-5-8-14(15)18/h3,5-6,8-9,13,16,21H,1,4,7,10-12H2,2H3. The highest BCUT2D eigenvalue weighted by Crippen LogP contribution is 2.30. The summed E-state index contributed by atoms with van der Waals surface area (Å²) in [4.78, 5) is 16.3. The van der Waals surface area contributed by atoms with E-state index < -0.39 is 6.10 Å². The molecule has 2 atom stereocenters. The highest BCUT2D eigenvalue weighted by Gasteiger charge is 2.36. The van der Waals surface area contributed by atoms with Crippen molar-refractivity contribution in [2.24, 2.45) is 0 Å². The molecule has 0 aliphatic carbocycles. The maximum absolute atomic E-state index is 12.6. The van der Waals surface area contributed by atoms with Crippen LogP contribution in [0.15, 0.2) is 36.9 Å². The molecule has 0 radical (unpaired) electrons. The lowest BCUT2D eigenvalue weighted by atomic mass is 10.1. The lowest BCUT2D eigenvalue weighted by Crippen LogP contribution is -2.43. The number of rotatable bonds is 7. The van der Waals surface area contributed by atoms with E-state index in [4.69, 9.17) is 11.6 Å². The maximum Gasteiger partial charge on any atom is 0.244 e. The number of amides is 1. The van der Waals surface area contributed by atoms with Crippen LogP contribution in [0.5, 0.6) is 0 Å². The summed E-state index contributed by atoms with van der Waals surface area (Å²) in [6.07, 6.45) is 3.55. The fraction of sp³-hybridized carbons (Fsp3) is 0.471. The van der Waals surface area contributed by atoms with E-state index in [1.807, 2.05) is 30.1 Å². The molecule has 4 nitrogen and oxygen atoms in total. The third-order valence-electron chi connectivity index (χ3n) is 4.06. The van der Waals surface area contributed by atoms with Crippen molar-refractivity contribution < 1.29 is 9.90 Å². The molecule has 1 fully saturated rings. The largest absolute Gasteiger partial charge is 0.392 e. The molecule has 0 saturated carbocycles. The van der Waals surface area contributed by atoms with Gasteiger partial charge >= 0.3 is 0 Å². The summed E-state index contributed by atoms with van der Waals surface area (Å²) in [7, 11) is 1.88. The van der Waals surface area contributed by atoms with Crippen LogP contribution in [0.3, 0.4) is 0 Å². The van der Waals surface area contributed by atoms with Crippen LogP contribution >= 0.6 is 11.6 Å². The number of benzene rings is 1. The van der Waals surface area contributed by atoms with E-state index in [1.54, 1.807) is 17.0 Å². The Balaban J connectivity index is 1.99. The summed E-state index contributed by atoms with van der Waals surface area (Å²) < 4.78 is 0. The molecule has 1 amide bonds. The van der Waals surface area contributed by atoms with Crippen LogP contribution in [0.1, 0.15) is 19.3 Å². The molecule has 22 heavy (non-hydrogen) atoms. The number of hydrogen-bond acceptors (Lipinski definition) is 3. The van der Waals surface area contributed by atoms with Crippen LogP contribution in [-0.4, -0.2) is 48.2 Å². The van der Waals surface area contributed by atoms with Gasteiger partial charge in [-0.15, -0.1) is 6.58 Å². The molecule has 1 saturated heterocycles. The SMILES string of the molecule is C=CCCC(O)CN(C)C1CCN(c2ccccc2Cl)C1=O. The van der Waals surface area contributed by atoms with Gasteiger partial charge in [0.05, 0.1) is 22.9 Å². The number of para-hydroxylation sites is 1. The number of carbonyl (C=O) groups is 1. The Morgan fingerprint density at radius 2 is 2.27 bits per heavy atom. The molecule has 1 heterocycles. The van der Waals surface area contributed by atoms with Gasteiger partial charge in [0.15, 0.2) is 0 Å². The van der Waals surface area contributed by atoms with Crippen molar-refractivity contribution in [2.75, 3.05) is 25.0 Å². The van der Waals surface area contributed by atoms with Crippen LogP contribution in [0.4, 0.5) is 5.69 Å². The summed E-state index contributed by atoms with van der Waals surface area (Å²) in [5.41, 5.74) is 0.761. The summed E-state index contributed by atoms with van der Waals surface area (Å²) in [5.74, 6) is 0.0477. The summed E-state index contributed by atoms with van der Waals surface area (Å²) in [6.45, 7) is 4.79. The first kappa shape index (κ1) is 17.0. The molecule has 1 aromatic carbocycles. The molecule has 1 N–H and O–H groups in total. The van der Waals surface area contributed by atoms with E-state index >= 15 is 0 Å². The summed E-state index contributed by atoms with van der Waals surface area (Å²) in [6, 6.07) is 7.19. The predicted molar refractivity (Wildman–Crippen MR) is 90.3 cm³/mol. The van der Waals surface area contributed by atoms with Crippen LogP contribution in [0.2, 0.25) is 5.02 Å². The van der Waals surface area contributed by atoms with Crippen molar-refractivity contribution in [3.8, 4) is 0 Å². The number of carbonyl (C=O) groups excluding carboxylic acids is 1. The monoisotopic (exact) mass is 322 g/mol. The second-order valence-electron chi connectivity index (χ2n) is 5.71. The Morgan fingerprint density at radius 1 is 1.55 bits per heavy atom. The number of nitrogens with zero attached hydrogens (tertiary/aromatic N) is 2. The van der Waals surface area contributed by atoms with Crippen molar-refractivity contribution in [1.82, 2.24) is 4.90 Å². The zero-order chi connectivity index (χ0) is 16.1. The van der Waals surface area contributed by atoms with Crippen molar-refractivity contribution in [3.05, 3.63) is 41.9 Å². The number of halogens is 1. The molecule has 0 aromatic heterocycles. The van der Waals surface area contributed by atoms with E-state index in [-0.39, 0.29) is 11.9 Å². The van der Waals surface area contributed by atoms with E-state index in [0.29, 0.717) is 24.5 Å². The Kier molecular flexibility index (Phi) is 6.00. The third kappa shape index (κ3) is 3.88. The normalized spacial score (nSPS) is 19.7. The number of anilines is 1. The average Bonchev–Trinajstić information content (AvgIpc) is 2.87. The van der Waals surface area contributed by atoms with Crippen LogP contribution in [-0.2, 0) is 4.79 Å². The van der Waals surface area contributed by atoms with Gasteiger partial charge in [0.1, 0.15) is 0 Å². The van der Waals surface area contributed by atoms with E-state index in [9.17, 15) is 9.90 Å². The van der Waals surface area contributed by atoms with Crippen LogP contribution in [0, 0.1) is 0 Å². The topological polar surface area (TPSA) is 43.8 Å². The quantitative estimate of drug-likeness (QED) is 0.785. The van der Waals surface area contributed by atoms with Gasteiger partial charge in [0.25, 0.3) is 0 Å². The minimum absolute atomic E-state index is 0.0477. The van der Waals surface area contributed by atoms with Gasteiger partial charge in [-0.2, -0.15) is 0 Å². The van der Waals surface area contributed by atoms with Gasteiger partial charge < -0.3 is 10.0 Å². The van der Waals surface area contributed by atoms with Gasteiger partial charge in [-0.25, -0.2) is 0 Å². The van der Waals surface area contributed by atoms with Gasteiger partial charge in [-0.05, 0) is 38.4 Å². The molecule has 1 aliphatic rings. The number of hydrogen-bond donors (Lipinski definition) is 1. The van der Waals surface area contributed by atoms with Gasteiger partial charge in [-0.3, -0.25) is 9.69 Å². The van der Waals surface area contributed by atoms with Crippen LogP contribution in [0.25, 0.3) is 0 Å². The Bertz CT molecular complexity index is 535. The minimum Gasteiger partial charge on any atom is -0.392 e. The van der Waals surface area contributed by atoms with Gasteiger partial charge in [0.2, 0.25) is 5.91 Å². The second-order valence-corrected chi connectivity index (χ2v) is 6.11. The highest BCUT2D eigenvalue weighted by molar-refractivity contribution is 6.33. The maximum atomic E-state index is 12.6. The fourth-order valence-corrected chi connectivity index (χ4v) is 3.08. The van der Waals surface area contributed by atoms with Crippen molar-refractivity contribution in [1.29, 1.82) is 0 Å². The van der Waals surface area contributed by atoms with Gasteiger partial charge in [0, 0.05) is 13.1 Å². The first-order valence-electron chi connectivity index (χ1n) is 7.59. The number of aliphatic hydroxyl groups excluding tert-OH is 1. The molecule has 1 aromatic rings. The van der Waals surface area contributed by atoms with Crippen molar-refractivity contribution >= 4 is 23.2 Å². The molecule has 120 valence electrons. The molecule has 5 heteroatoms. The molecule has 0 bridgehead atoms. The molecule has 1 aliphatic heterocycles. The zero-order valence-electron chi connectivity index (χ0n) is 12.9. The average molecular weight is 323 g/mol. The molecule has 2 rings (SSSR count). The Labute approximate surface area is 137 Å². The Morgan fingerprint density at radius 3 is 2.95 bits per heavy atom. The third-order valence-corrected chi connectivity index (χ3v) is 4.37. The molecule has 0 spiro atoms. The van der Waals surface area contributed by atoms with Crippen LogP contribution < -0.4 is 4.90 Å². The molecular weight excluding hydrogens is 300 g/mol. The van der Waals surface area contributed by atoms with Crippen molar-refractivity contribution in [2.45, 2.75) is 31.4 Å². The second kappa shape index (κ2) is 7.77. The fourth-order valence-electron chi connectivity index (χ4n) is 2.84. The first-order valence-corrected chi connectivity index (χ1v) is 7.97. The first-order chi connectivity index (χ1) is 10.5. The molecule has 2 unspecified atom stereocenters. The number of allylic oxidation sites excluding steroid dienone is 1. The number of likely N-dealkylation sites (N-methyl/N-ethyl adjacent to an activating group) is 1. The van der Waals surface area contributed by atoms with E-state index in [1.165, 1.54) is 0 Å². The summed E-state index contributed by atoms with van der Waals surface area (Å²) >= 11 is 6.18. The number of aliphatic hydroxyl groups is 1. The van der Waals surface area contributed by atoms with Gasteiger partial charge in [-0.1, -0.05) is 29.8 Å². The lowest BCUT2D eigenvalue weighted by molar-refractivity contribution is -0.121. The predicted octanol–water partition coefficient (Wildman–Crippen LogP) is 2.70. The smallest absolute Gasteiger partial charge is 0.244 e.